The van der Waals surface area contributed by atoms with Crippen molar-refractivity contribution >= 4 is 34.8 Å². The molecule has 1 heterocycles. The third kappa shape index (κ3) is 3.14. The summed E-state index contributed by atoms with van der Waals surface area (Å²) in [6.45, 7) is 0.658. The summed E-state index contributed by atoms with van der Waals surface area (Å²) >= 11 is 18.0. The molecule has 2 aromatic rings. The zero-order valence-corrected chi connectivity index (χ0v) is 13.3. The normalized spacial score (nSPS) is 14.7. The fraction of sp³-hybridized carbons (Fsp3) is 0.250. The van der Waals surface area contributed by atoms with Crippen LogP contribution < -0.4 is 4.74 Å². The predicted molar refractivity (Wildman–Crippen MR) is 85.8 cm³/mol. The Morgan fingerprint density at radius 3 is 2.67 bits per heavy atom. The van der Waals surface area contributed by atoms with Crippen molar-refractivity contribution in [2.75, 3.05) is 6.61 Å². The number of aliphatic hydroxyl groups excluding tert-OH is 1. The van der Waals surface area contributed by atoms with Crippen molar-refractivity contribution < 1.29 is 9.84 Å². The van der Waals surface area contributed by atoms with E-state index in [-0.39, 0.29) is 0 Å². The molecular weight excluding hydrogens is 331 g/mol. The molecule has 0 radical (unpaired) electrons. The summed E-state index contributed by atoms with van der Waals surface area (Å²) in [5.74, 6) is 0.846. The predicted octanol–water partition coefficient (Wildman–Crippen LogP) is 4.86. The lowest BCUT2D eigenvalue weighted by molar-refractivity contribution is 0.177. The Hall–Kier alpha value is -0.930. The molecule has 0 aromatic heterocycles. The lowest BCUT2D eigenvalue weighted by Gasteiger charge is -2.15. The summed E-state index contributed by atoms with van der Waals surface area (Å²) < 4.78 is 5.65. The first-order chi connectivity index (χ1) is 10.0. The molecule has 0 fully saturated rings. The van der Waals surface area contributed by atoms with Crippen LogP contribution in [0.3, 0.4) is 0 Å². The Bertz CT molecular complexity index is 685. The van der Waals surface area contributed by atoms with E-state index in [2.05, 4.69) is 0 Å². The number of hydrogen-bond acceptors (Lipinski definition) is 2. The zero-order chi connectivity index (χ0) is 15.0. The maximum Gasteiger partial charge on any atom is 0.126 e. The molecule has 3 rings (SSSR count). The van der Waals surface area contributed by atoms with Gasteiger partial charge in [-0.3, -0.25) is 0 Å². The van der Waals surface area contributed by atoms with E-state index in [9.17, 15) is 5.11 Å². The van der Waals surface area contributed by atoms with E-state index in [4.69, 9.17) is 39.5 Å². The molecule has 0 amide bonds. The Morgan fingerprint density at radius 2 is 1.90 bits per heavy atom. The van der Waals surface area contributed by atoms with Crippen molar-refractivity contribution in [3.8, 4) is 5.75 Å². The Morgan fingerprint density at radius 1 is 1.10 bits per heavy atom. The van der Waals surface area contributed by atoms with Crippen molar-refractivity contribution in [2.24, 2.45) is 0 Å². The van der Waals surface area contributed by atoms with E-state index in [1.54, 1.807) is 18.2 Å². The number of fused-ring (bicyclic) bond motifs is 1. The van der Waals surface area contributed by atoms with Crippen molar-refractivity contribution in [1.29, 1.82) is 0 Å². The minimum absolute atomic E-state index is 0.418. The Balaban J connectivity index is 1.88. The number of hydrogen-bond donors (Lipinski definition) is 1. The fourth-order valence-electron chi connectivity index (χ4n) is 2.54. The molecule has 0 saturated carbocycles. The van der Waals surface area contributed by atoms with Gasteiger partial charge in [0.05, 0.1) is 22.8 Å². The van der Waals surface area contributed by atoms with Crippen molar-refractivity contribution in [3.63, 3.8) is 0 Å². The van der Waals surface area contributed by atoms with Gasteiger partial charge < -0.3 is 9.84 Å². The number of rotatable bonds is 3. The number of ether oxygens (including phenoxy) is 1. The van der Waals surface area contributed by atoms with Crippen LogP contribution in [0.4, 0.5) is 0 Å². The molecular formula is C16H13Cl3O2. The maximum atomic E-state index is 10.4. The summed E-state index contributed by atoms with van der Waals surface area (Å²) in [6.07, 6.45) is 0.582. The monoisotopic (exact) mass is 342 g/mol. The third-order valence-corrected chi connectivity index (χ3v) is 4.52. The average molecular weight is 344 g/mol. The van der Waals surface area contributed by atoms with Gasteiger partial charge in [0.2, 0.25) is 0 Å². The molecule has 21 heavy (non-hydrogen) atoms. The van der Waals surface area contributed by atoms with E-state index < -0.39 is 6.10 Å². The number of aliphatic hydroxyl groups is 1. The summed E-state index contributed by atoms with van der Waals surface area (Å²) in [6, 6.07) is 8.89. The Labute approximate surface area is 138 Å². The molecule has 110 valence electrons. The summed E-state index contributed by atoms with van der Waals surface area (Å²) in [5, 5.41) is 12.0. The van der Waals surface area contributed by atoms with Gasteiger partial charge in [0.25, 0.3) is 0 Å². The maximum absolute atomic E-state index is 10.4. The van der Waals surface area contributed by atoms with Crippen LogP contribution in [0.2, 0.25) is 15.1 Å². The van der Waals surface area contributed by atoms with Crippen molar-refractivity contribution in [3.05, 3.63) is 62.1 Å². The smallest absolute Gasteiger partial charge is 0.126 e. The van der Waals surface area contributed by atoms with Gasteiger partial charge in [-0.05, 0) is 41.0 Å². The molecule has 0 aliphatic carbocycles. The van der Waals surface area contributed by atoms with E-state index in [1.165, 1.54) is 0 Å². The molecule has 1 unspecified atom stereocenters. The van der Waals surface area contributed by atoms with Crippen LogP contribution in [-0.4, -0.2) is 11.7 Å². The molecule has 2 nitrogen and oxygen atoms in total. The topological polar surface area (TPSA) is 29.5 Å². The third-order valence-electron chi connectivity index (χ3n) is 3.57. The summed E-state index contributed by atoms with van der Waals surface area (Å²) in [7, 11) is 0. The van der Waals surface area contributed by atoms with Gasteiger partial charge in [-0.15, -0.1) is 0 Å². The highest BCUT2D eigenvalue weighted by atomic mass is 35.5. The fourth-order valence-corrected chi connectivity index (χ4v) is 3.11. The minimum Gasteiger partial charge on any atom is -0.493 e. The van der Waals surface area contributed by atoms with Crippen LogP contribution in [0.25, 0.3) is 0 Å². The summed E-state index contributed by atoms with van der Waals surface area (Å²) in [4.78, 5) is 0. The van der Waals surface area contributed by atoms with E-state index in [0.29, 0.717) is 28.1 Å². The van der Waals surface area contributed by atoms with Crippen LogP contribution in [0.1, 0.15) is 22.8 Å². The minimum atomic E-state index is -0.688. The highest BCUT2D eigenvalue weighted by molar-refractivity contribution is 6.42. The van der Waals surface area contributed by atoms with E-state index in [0.717, 1.165) is 28.9 Å². The van der Waals surface area contributed by atoms with Gasteiger partial charge in [0.15, 0.2) is 0 Å². The first kappa shape index (κ1) is 15.0. The first-order valence-electron chi connectivity index (χ1n) is 6.61. The van der Waals surface area contributed by atoms with Crippen LogP contribution >= 0.6 is 34.8 Å². The Kier molecular flexibility index (Phi) is 4.32. The van der Waals surface area contributed by atoms with Gasteiger partial charge in [0.1, 0.15) is 5.75 Å². The summed E-state index contributed by atoms with van der Waals surface area (Å²) in [5.41, 5.74) is 2.73. The second-order valence-electron chi connectivity index (χ2n) is 5.05. The second-order valence-corrected chi connectivity index (χ2v) is 6.30. The van der Waals surface area contributed by atoms with E-state index in [1.807, 2.05) is 12.1 Å². The standard InChI is InChI=1S/C16H13Cl3O2/c17-12-5-10-3-4-21-16(10)11(6-12)8-15(20)9-1-2-13(18)14(19)7-9/h1-2,5-7,15,20H,3-4,8H2. The molecule has 1 aliphatic rings. The van der Waals surface area contributed by atoms with Gasteiger partial charge in [0, 0.05) is 17.9 Å². The quantitative estimate of drug-likeness (QED) is 0.862. The lowest BCUT2D eigenvalue weighted by atomic mass is 9.99. The average Bonchev–Trinajstić information content (AvgIpc) is 2.90. The van der Waals surface area contributed by atoms with Crippen LogP contribution in [0, 0.1) is 0 Å². The molecule has 5 heteroatoms. The number of halogens is 3. The lowest BCUT2D eigenvalue weighted by Crippen LogP contribution is -2.03. The highest BCUT2D eigenvalue weighted by Crippen LogP contribution is 2.36. The van der Waals surface area contributed by atoms with Gasteiger partial charge in [-0.1, -0.05) is 40.9 Å². The first-order valence-corrected chi connectivity index (χ1v) is 7.75. The molecule has 1 atom stereocenters. The molecule has 0 bridgehead atoms. The van der Waals surface area contributed by atoms with Crippen LogP contribution in [0.15, 0.2) is 30.3 Å². The molecule has 1 aliphatic heterocycles. The van der Waals surface area contributed by atoms with Gasteiger partial charge >= 0.3 is 0 Å². The van der Waals surface area contributed by atoms with E-state index >= 15 is 0 Å². The second kappa shape index (κ2) is 6.05. The zero-order valence-electron chi connectivity index (χ0n) is 11.1. The largest absolute Gasteiger partial charge is 0.493 e. The number of benzene rings is 2. The molecule has 0 saturated heterocycles. The van der Waals surface area contributed by atoms with Gasteiger partial charge in [-0.2, -0.15) is 0 Å². The molecule has 0 spiro atoms. The van der Waals surface area contributed by atoms with Crippen LogP contribution in [-0.2, 0) is 12.8 Å². The molecule has 1 N–H and O–H groups in total. The van der Waals surface area contributed by atoms with Crippen LogP contribution in [0.5, 0.6) is 5.75 Å². The molecule has 2 aromatic carbocycles. The van der Waals surface area contributed by atoms with Crippen molar-refractivity contribution in [1.82, 2.24) is 0 Å². The van der Waals surface area contributed by atoms with Gasteiger partial charge in [-0.25, -0.2) is 0 Å². The van der Waals surface area contributed by atoms with Crippen molar-refractivity contribution in [2.45, 2.75) is 18.9 Å². The highest BCUT2D eigenvalue weighted by Gasteiger charge is 2.20. The SMILES string of the molecule is OC(Cc1cc(Cl)cc2c1OCC2)c1ccc(Cl)c(Cl)c1.